The highest BCUT2D eigenvalue weighted by Gasteiger charge is 2.26. The Hall–Kier alpha value is -2.20. The Bertz CT molecular complexity index is 606. The number of hydrogen-bond acceptors (Lipinski definition) is 6. The average Bonchev–Trinajstić information content (AvgIpc) is 2.76. The maximum atomic E-state index is 12.4. The molecule has 0 saturated heterocycles. The first-order chi connectivity index (χ1) is 16.2. The van der Waals surface area contributed by atoms with Gasteiger partial charge >= 0.3 is 6.03 Å². The van der Waals surface area contributed by atoms with Gasteiger partial charge in [-0.2, -0.15) is 0 Å². The van der Waals surface area contributed by atoms with Crippen LogP contribution in [0.4, 0.5) is 4.79 Å². The molecule has 0 aromatic carbocycles. The highest BCUT2D eigenvalue weighted by Crippen LogP contribution is 2.08. The van der Waals surface area contributed by atoms with Crippen molar-refractivity contribution in [2.75, 3.05) is 20.2 Å². The number of aliphatic hydroxyl groups is 1. The Morgan fingerprint density at radius 3 is 1.86 bits per heavy atom. The van der Waals surface area contributed by atoms with Crippen molar-refractivity contribution in [1.82, 2.24) is 21.3 Å². The van der Waals surface area contributed by atoms with Crippen molar-refractivity contribution in [2.45, 2.75) is 106 Å². The van der Waals surface area contributed by atoms with Gasteiger partial charge in [-0.05, 0) is 46.1 Å². The molecule has 0 bridgehead atoms. The van der Waals surface area contributed by atoms with E-state index < -0.39 is 23.7 Å². The van der Waals surface area contributed by atoms with E-state index in [0.717, 1.165) is 5.92 Å². The van der Waals surface area contributed by atoms with E-state index in [-0.39, 0.29) is 43.0 Å². The van der Waals surface area contributed by atoms with Gasteiger partial charge in [0.1, 0.15) is 0 Å². The van der Waals surface area contributed by atoms with E-state index in [9.17, 15) is 24.3 Å². The summed E-state index contributed by atoms with van der Waals surface area (Å²) in [4.78, 5) is 47.7. The molecular weight excluding hydrogens is 450 g/mol. The molecule has 0 aromatic rings. The maximum Gasteiger partial charge on any atom is 0.312 e. The van der Waals surface area contributed by atoms with Gasteiger partial charge in [-0.15, -0.1) is 0 Å². The molecule has 0 saturated carbocycles. The molecule has 7 N–H and O–H groups in total. The second-order valence-electron chi connectivity index (χ2n) is 9.75. The van der Waals surface area contributed by atoms with Crippen LogP contribution < -0.4 is 27.0 Å². The van der Waals surface area contributed by atoms with Gasteiger partial charge in [0.25, 0.3) is 0 Å². The average molecular weight is 504 g/mol. The SMILES string of the molecule is CC.CC(C)C.CNC(CCC(=O)NC(CCCNC(N)=O)C(=O)C(C)C)C(=O)NC(C)(C)CO. The molecule has 208 valence electrons. The molecule has 10 heteroatoms. The largest absolute Gasteiger partial charge is 0.394 e. The molecule has 0 rings (SSSR count). The molecule has 0 aliphatic rings. The van der Waals surface area contributed by atoms with Gasteiger partial charge in [-0.1, -0.05) is 48.5 Å². The van der Waals surface area contributed by atoms with E-state index in [1.807, 2.05) is 13.8 Å². The van der Waals surface area contributed by atoms with Crippen molar-refractivity contribution in [3.63, 3.8) is 0 Å². The minimum Gasteiger partial charge on any atom is -0.394 e. The van der Waals surface area contributed by atoms with Crippen LogP contribution in [0, 0.1) is 11.8 Å². The number of amides is 4. The van der Waals surface area contributed by atoms with E-state index >= 15 is 0 Å². The molecule has 2 atom stereocenters. The topological polar surface area (TPSA) is 163 Å². The fraction of sp³-hybridized carbons (Fsp3) is 0.840. The van der Waals surface area contributed by atoms with Crippen LogP contribution in [0.2, 0.25) is 0 Å². The Morgan fingerprint density at radius 2 is 1.46 bits per heavy atom. The molecule has 0 fully saturated rings. The predicted molar refractivity (Wildman–Crippen MR) is 142 cm³/mol. The first-order valence-electron chi connectivity index (χ1n) is 12.6. The Labute approximate surface area is 212 Å². The smallest absolute Gasteiger partial charge is 0.312 e. The molecule has 2 unspecified atom stereocenters. The zero-order valence-corrected chi connectivity index (χ0v) is 23.7. The third-order valence-corrected chi connectivity index (χ3v) is 4.40. The fourth-order valence-electron chi connectivity index (χ4n) is 2.61. The van der Waals surface area contributed by atoms with Crippen molar-refractivity contribution in [2.24, 2.45) is 17.6 Å². The summed E-state index contributed by atoms with van der Waals surface area (Å²) in [5.41, 5.74) is 4.25. The number of rotatable bonds is 14. The molecule has 35 heavy (non-hydrogen) atoms. The summed E-state index contributed by atoms with van der Waals surface area (Å²) >= 11 is 0. The number of ketones is 1. The zero-order chi connectivity index (χ0) is 28.2. The number of nitrogens with two attached hydrogens (primary N) is 1. The number of carbonyl (C=O) groups is 4. The van der Waals surface area contributed by atoms with Gasteiger partial charge in [0, 0.05) is 18.9 Å². The number of nitrogens with one attached hydrogen (secondary N) is 4. The second kappa shape index (κ2) is 21.1. The lowest BCUT2D eigenvalue weighted by Crippen LogP contribution is -2.53. The van der Waals surface area contributed by atoms with Crippen molar-refractivity contribution in [3.05, 3.63) is 0 Å². The molecule has 0 spiro atoms. The second-order valence-corrected chi connectivity index (χ2v) is 9.75. The quantitative estimate of drug-likeness (QED) is 0.199. The van der Waals surface area contributed by atoms with Gasteiger partial charge < -0.3 is 32.1 Å². The third-order valence-electron chi connectivity index (χ3n) is 4.40. The molecule has 0 heterocycles. The van der Waals surface area contributed by atoms with Crippen LogP contribution in [-0.2, 0) is 14.4 Å². The molecule has 0 aromatic heterocycles. The van der Waals surface area contributed by atoms with Crippen LogP contribution in [0.15, 0.2) is 0 Å². The van der Waals surface area contributed by atoms with Gasteiger partial charge in [-0.3, -0.25) is 14.4 Å². The number of hydrogen-bond donors (Lipinski definition) is 6. The highest BCUT2D eigenvalue weighted by atomic mass is 16.3. The molecule has 0 radical (unpaired) electrons. The zero-order valence-electron chi connectivity index (χ0n) is 23.7. The molecule has 4 amide bonds. The normalized spacial score (nSPS) is 12.4. The lowest BCUT2D eigenvalue weighted by atomic mass is 9.97. The van der Waals surface area contributed by atoms with E-state index in [1.54, 1.807) is 34.7 Å². The van der Waals surface area contributed by atoms with Gasteiger partial charge in [0.2, 0.25) is 11.8 Å². The summed E-state index contributed by atoms with van der Waals surface area (Å²) in [6, 6.07) is -1.90. The summed E-state index contributed by atoms with van der Waals surface area (Å²) in [6.07, 6.45) is 1.16. The first-order valence-corrected chi connectivity index (χ1v) is 12.6. The van der Waals surface area contributed by atoms with E-state index in [0.29, 0.717) is 19.4 Å². The van der Waals surface area contributed by atoms with Crippen LogP contribution in [0.1, 0.15) is 88.0 Å². The van der Waals surface area contributed by atoms with Crippen LogP contribution in [0.25, 0.3) is 0 Å². The van der Waals surface area contributed by atoms with E-state index in [4.69, 9.17) is 5.73 Å². The van der Waals surface area contributed by atoms with Gasteiger partial charge in [-0.25, -0.2) is 4.79 Å². The van der Waals surface area contributed by atoms with Crippen LogP contribution in [-0.4, -0.2) is 66.6 Å². The first kappa shape index (κ1) is 37.4. The highest BCUT2D eigenvalue weighted by molar-refractivity contribution is 5.90. The monoisotopic (exact) mass is 503 g/mol. The third kappa shape index (κ3) is 22.0. The van der Waals surface area contributed by atoms with Crippen molar-refractivity contribution >= 4 is 23.6 Å². The summed E-state index contributed by atoms with van der Waals surface area (Å²) < 4.78 is 0. The molecule has 10 nitrogen and oxygen atoms in total. The Morgan fingerprint density at radius 1 is 0.943 bits per heavy atom. The molecule has 0 aliphatic carbocycles. The number of Topliss-reactive ketones (excluding diaryl/α,β-unsaturated/α-hetero) is 1. The summed E-state index contributed by atoms with van der Waals surface area (Å²) in [7, 11) is 1.62. The van der Waals surface area contributed by atoms with E-state index in [2.05, 4.69) is 42.0 Å². The Balaban J connectivity index is -0.00000153. The summed E-state index contributed by atoms with van der Waals surface area (Å²) in [5, 5.41) is 20.0. The Kier molecular flexibility index (Phi) is 22.5. The minimum atomic E-state index is -0.762. The number of carbonyl (C=O) groups excluding carboxylic acids is 4. The lowest BCUT2D eigenvalue weighted by molar-refractivity contribution is -0.130. The fourth-order valence-corrected chi connectivity index (χ4v) is 2.61. The standard InChI is InChI=1S/C19H37N5O5.C4H10.C2H6/c1-12(2)16(27)13(7-6-10-22-18(20)29)23-15(26)9-8-14(21-5)17(28)24-19(3,4)11-25;1-4(2)3;1-2/h12-14,21,25H,6-11H2,1-5H3,(H,23,26)(H,24,28)(H3,20,22,29);4H,1-3H3;1-2H3. The number of aliphatic hydroxyl groups excluding tert-OH is 1. The number of primary amides is 1. The summed E-state index contributed by atoms with van der Waals surface area (Å²) in [5.74, 6) is -0.154. The van der Waals surface area contributed by atoms with Gasteiger partial charge in [0.15, 0.2) is 5.78 Å². The number of urea groups is 1. The minimum absolute atomic E-state index is 0.0554. The maximum absolute atomic E-state index is 12.4. The lowest BCUT2D eigenvalue weighted by Gasteiger charge is -2.26. The van der Waals surface area contributed by atoms with Crippen molar-refractivity contribution in [3.8, 4) is 0 Å². The number of likely N-dealkylation sites (N-methyl/N-ethyl adjacent to an activating group) is 1. The summed E-state index contributed by atoms with van der Waals surface area (Å²) in [6.45, 7) is 17.5. The van der Waals surface area contributed by atoms with Crippen molar-refractivity contribution < 1.29 is 24.3 Å². The predicted octanol–water partition coefficient (Wildman–Crippen LogP) is 2.09. The van der Waals surface area contributed by atoms with E-state index in [1.165, 1.54) is 0 Å². The van der Waals surface area contributed by atoms with Crippen molar-refractivity contribution in [1.29, 1.82) is 0 Å². The van der Waals surface area contributed by atoms with Crippen LogP contribution in [0.3, 0.4) is 0 Å². The van der Waals surface area contributed by atoms with Crippen LogP contribution in [0.5, 0.6) is 0 Å². The van der Waals surface area contributed by atoms with Gasteiger partial charge in [0.05, 0.1) is 24.2 Å². The van der Waals surface area contributed by atoms with Crippen LogP contribution >= 0.6 is 0 Å². The molecular formula is C25H53N5O5. The molecule has 0 aliphatic heterocycles.